The summed E-state index contributed by atoms with van der Waals surface area (Å²) in [5, 5.41) is 50.8. The Hall–Kier alpha value is -6.76. The highest BCUT2D eigenvalue weighted by atomic mass is 16.4. The second kappa shape index (κ2) is 13.2. The van der Waals surface area contributed by atoms with E-state index in [1.165, 1.54) is 38.2 Å². The number of aliphatic carboxylic acids is 2. The number of carbonyl (C=O) groups excluding carboxylic acids is 3. The van der Waals surface area contributed by atoms with E-state index in [4.69, 9.17) is 5.73 Å². The molecule has 0 aliphatic carbocycles. The number of carboxylic acid groups (broad SMARTS) is 2. The maximum absolute atomic E-state index is 13.8. The summed E-state index contributed by atoms with van der Waals surface area (Å²) in [7, 11) is 0. The number of aliphatic hydroxyl groups excluding tert-OH is 1. The molecule has 3 aromatic heterocycles. The van der Waals surface area contributed by atoms with E-state index in [1.807, 2.05) is 6.92 Å². The van der Waals surface area contributed by atoms with E-state index >= 15 is 0 Å². The summed E-state index contributed by atoms with van der Waals surface area (Å²) in [5.74, 6) is -10.3. The number of carbonyl (C=O) groups is 5. The molecule has 0 radical (unpaired) electrons. The number of hydrogen-bond acceptors (Lipinski definition) is 11. The fourth-order valence-corrected chi connectivity index (χ4v) is 6.31. The summed E-state index contributed by atoms with van der Waals surface area (Å²) in [6, 6.07) is 12.3. The lowest BCUT2D eigenvalue weighted by Crippen LogP contribution is -2.67. The van der Waals surface area contributed by atoms with Crippen LogP contribution < -0.4 is 27.0 Å². The first-order valence-corrected chi connectivity index (χ1v) is 16.1. The SMILES string of the molecule is CCn1nc(C)cc1C(=O)Nc1nc2cc(C(N)=O)ccc2n1-c1cccc2c1NC(NC(=O)c1cc(C)nn1CC)(C(C(=O)O)C(O)C(=O)O)N2. The number of imidazole rings is 1. The number of nitrogens with two attached hydrogens (primary N) is 1. The Morgan fingerprint density at radius 2 is 1.52 bits per heavy atom. The lowest BCUT2D eigenvalue weighted by Gasteiger charge is -2.37. The fourth-order valence-electron chi connectivity index (χ4n) is 6.31. The van der Waals surface area contributed by atoms with E-state index in [1.54, 1.807) is 45.0 Å². The van der Waals surface area contributed by atoms with Crippen LogP contribution in [-0.4, -0.2) is 86.0 Å². The molecule has 52 heavy (non-hydrogen) atoms. The quantitative estimate of drug-likeness (QED) is 0.0911. The number of nitrogens with one attached hydrogen (secondary N) is 4. The van der Waals surface area contributed by atoms with Crippen molar-refractivity contribution in [2.24, 2.45) is 11.7 Å². The largest absolute Gasteiger partial charge is 0.481 e. The Kier molecular flexibility index (Phi) is 8.89. The first kappa shape index (κ1) is 35.1. The molecule has 19 heteroatoms. The van der Waals surface area contributed by atoms with Crippen molar-refractivity contribution in [1.82, 2.24) is 34.4 Å². The zero-order valence-corrected chi connectivity index (χ0v) is 28.3. The van der Waals surface area contributed by atoms with Crippen LogP contribution in [0.1, 0.15) is 56.6 Å². The molecule has 270 valence electrons. The number of primary amides is 1. The Morgan fingerprint density at radius 1 is 0.885 bits per heavy atom. The highest BCUT2D eigenvalue weighted by Gasteiger charge is 2.55. The smallest absolute Gasteiger partial charge is 0.333 e. The molecule has 5 aromatic rings. The molecule has 0 spiro atoms. The van der Waals surface area contributed by atoms with Crippen LogP contribution in [0.15, 0.2) is 48.5 Å². The monoisotopic (exact) mass is 713 g/mol. The predicted octanol–water partition coefficient (Wildman–Crippen LogP) is 1.49. The van der Waals surface area contributed by atoms with Crippen molar-refractivity contribution in [2.75, 3.05) is 16.0 Å². The standard InChI is InChI=1S/C33H35N11O8/c1-5-42-22(12-15(3)40-42)28(47)36-32-35-19-14-17(27(34)46)10-11-20(19)44(32)21-9-7-8-18-25(21)38-33(37-18,24(30(49)50)26(45)31(51)52)39-29(48)23-13-16(4)41-43(23)6-2/h7-14,24,26,37-38,45H,5-6H2,1-4H3,(H2,34,46)(H,39,48)(H,49,50)(H,51,52)(H,35,36,47). The molecule has 0 fully saturated rings. The Bertz CT molecular complexity index is 2290. The summed E-state index contributed by atoms with van der Waals surface area (Å²) in [6.45, 7) is 7.66. The molecule has 1 aliphatic rings. The van der Waals surface area contributed by atoms with Gasteiger partial charge in [-0.15, -0.1) is 0 Å². The van der Waals surface area contributed by atoms with Gasteiger partial charge in [0.1, 0.15) is 11.4 Å². The number of rotatable bonds is 12. The van der Waals surface area contributed by atoms with E-state index in [2.05, 4.69) is 36.4 Å². The summed E-state index contributed by atoms with van der Waals surface area (Å²) in [6.07, 6.45) is -2.52. The first-order valence-electron chi connectivity index (χ1n) is 16.1. The van der Waals surface area contributed by atoms with Crippen molar-refractivity contribution in [3.8, 4) is 5.69 Å². The molecular weight excluding hydrogens is 678 g/mol. The van der Waals surface area contributed by atoms with Crippen LogP contribution in [-0.2, 0) is 22.7 Å². The molecule has 1 aliphatic heterocycles. The molecule has 2 aromatic carbocycles. The zero-order chi connectivity index (χ0) is 37.6. The van der Waals surface area contributed by atoms with Gasteiger partial charge in [-0.05, 0) is 70.2 Å². The van der Waals surface area contributed by atoms with E-state index in [9.17, 15) is 39.3 Å². The topological polar surface area (TPSA) is 274 Å². The summed E-state index contributed by atoms with van der Waals surface area (Å²) in [5.41, 5.74) is 8.26. The molecule has 0 bridgehead atoms. The van der Waals surface area contributed by atoms with Gasteiger partial charge >= 0.3 is 11.9 Å². The average molecular weight is 714 g/mol. The maximum atomic E-state index is 13.8. The third-order valence-corrected chi connectivity index (χ3v) is 8.58. The van der Waals surface area contributed by atoms with Gasteiger partial charge in [0, 0.05) is 18.7 Å². The van der Waals surface area contributed by atoms with Crippen molar-refractivity contribution < 1.29 is 39.3 Å². The maximum Gasteiger partial charge on any atom is 0.333 e. The summed E-state index contributed by atoms with van der Waals surface area (Å²) < 4.78 is 4.41. The van der Waals surface area contributed by atoms with Gasteiger partial charge in [-0.1, -0.05) is 6.07 Å². The number of anilines is 3. The molecule has 3 amide bonds. The molecular formula is C33H35N11O8. The number of fused-ring (bicyclic) bond motifs is 2. The van der Waals surface area contributed by atoms with Gasteiger partial charge in [0.05, 0.1) is 39.5 Å². The summed E-state index contributed by atoms with van der Waals surface area (Å²) in [4.78, 5) is 69.0. The lowest BCUT2D eigenvalue weighted by atomic mass is 9.93. The van der Waals surface area contributed by atoms with Crippen LogP contribution in [0.5, 0.6) is 0 Å². The number of hydrogen-bond donors (Lipinski definition) is 8. The van der Waals surface area contributed by atoms with Gasteiger partial charge in [-0.2, -0.15) is 10.2 Å². The van der Waals surface area contributed by atoms with Crippen LogP contribution in [0.2, 0.25) is 0 Å². The van der Waals surface area contributed by atoms with Gasteiger partial charge in [0.15, 0.2) is 12.0 Å². The zero-order valence-electron chi connectivity index (χ0n) is 28.3. The number of aliphatic hydroxyl groups is 1. The Balaban J connectivity index is 1.52. The van der Waals surface area contributed by atoms with Crippen LogP contribution in [0, 0.1) is 19.8 Å². The lowest BCUT2D eigenvalue weighted by molar-refractivity contribution is -0.162. The van der Waals surface area contributed by atoms with Crippen molar-refractivity contribution in [3.63, 3.8) is 0 Å². The van der Waals surface area contributed by atoms with E-state index in [-0.39, 0.29) is 52.0 Å². The van der Waals surface area contributed by atoms with E-state index in [0.29, 0.717) is 23.4 Å². The number of benzene rings is 2. The number of nitrogens with zero attached hydrogens (tertiary/aromatic N) is 6. The van der Waals surface area contributed by atoms with Crippen LogP contribution >= 0.6 is 0 Å². The number of carboxylic acids is 2. The normalized spacial score (nSPS) is 16.0. The second-order valence-electron chi connectivity index (χ2n) is 12.1. The van der Waals surface area contributed by atoms with Gasteiger partial charge in [-0.25, -0.2) is 9.78 Å². The van der Waals surface area contributed by atoms with E-state index in [0.717, 1.165) is 0 Å². The van der Waals surface area contributed by atoms with Crippen LogP contribution in [0.25, 0.3) is 16.7 Å². The van der Waals surface area contributed by atoms with Crippen molar-refractivity contribution in [2.45, 2.75) is 52.7 Å². The Morgan fingerprint density at radius 3 is 2.10 bits per heavy atom. The average Bonchev–Trinajstić information content (AvgIpc) is 3.85. The Labute approximate surface area is 294 Å². The number of para-hydroxylation sites is 1. The van der Waals surface area contributed by atoms with Gasteiger partial charge in [0.25, 0.3) is 11.8 Å². The van der Waals surface area contributed by atoms with Gasteiger partial charge in [0.2, 0.25) is 17.6 Å². The minimum absolute atomic E-state index is 0.0254. The van der Waals surface area contributed by atoms with Crippen LogP contribution in [0.3, 0.4) is 0 Å². The second-order valence-corrected chi connectivity index (χ2v) is 12.1. The predicted molar refractivity (Wildman–Crippen MR) is 185 cm³/mol. The third kappa shape index (κ3) is 6.02. The molecule has 0 saturated heterocycles. The van der Waals surface area contributed by atoms with Crippen LogP contribution in [0.4, 0.5) is 17.3 Å². The minimum Gasteiger partial charge on any atom is -0.481 e. The molecule has 19 nitrogen and oxygen atoms in total. The van der Waals surface area contributed by atoms with E-state index < -0.39 is 47.5 Å². The molecule has 9 N–H and O–H groups in total. The van der Waals surface area contributed by atoms with Crippen molar-refractivity contribution in [3.05, 3.63) is 76.9 Å². The molecule has 3 atom stereocenters. The third-order valence-electron chi connectivity index (χ3n) is 8.58. The molecule has 3 unspecified atom stereocenters. The van der Waals surface area contributed by atoms with Crippen molar-refractivity contribution >= 4 is 58.0 Å². The molecule has 0 saturated carbocycles. The van der Waals surface area contributed by atoms with Gasteiger partial charge < -0.3 is 37.0 Å². The highest BCUT2D eigenvalue weighted by molar-refractivity contribution is 6.05. The number of amides is 3. The fraction of sp³-hybridized carbons (Fsp3) is 0.273. The summed E-state index contributed by atoms with van der Waals surface area (Å²) >= 11 is 0. The molecule has 4 heterocycles. The highest BCUT2D eigenvalue weighted by Crippen LogP contribution is 2.43. The first-order chi connectivity index (χ1) is 24.7. The van der Waals surface area contributed by atoms with Crippen molar-refractivity contribution in [1.29, 1.82) is 0 Å². The van der Waals surface area contributed by atoms with Gasteiger partial charge in [-0.3, -0.25) is 38.4 Å². The number of aromatic nitrogens is 6. The molecule has 6 rings (SSSR count). The minimum atomic E-state index is -2.52. The number of aryl methyl sites for hydroxylation is 4.